The molecule has 0 spiro atoms. The highest BCUT2D eigenvalue weighted by Crippen LogP contribution is 2.40. The second-order valence-electron chi connectivity index (χ2n) is 13.7. The van der Waals surface area contributed by atoms with Crippen molar-refractivity contribution in [2.75, 3.05) is 19.8 Å². The Morgan fingerprint density at radius 3 is 0.705 bits per heavy atom. The van der Waals surface area contributed by atoms with Crippen LogP contribution in [0.15, 0.2) is 0 Å². The molecule has 1 unspecified atom stereocenters. The highest BCUT2D eigenvalue weighted by atomic mass is 32.3. The van der Waals surface area contributed by atoms with Gasteiger partial charge in [-0.15, -0.1) is 0 Å². The van der Waals surface area contributed by atoms with E-state index in [4.69, 9.17) is 23.7 Å². The van der Waals surface area contributed by atoms with Gasteiger partial charge >= 0.3 is 0 Å². The van der Waals surface area contributed by atoms with Gasteiger partial charge in [0.15, 0.2) is 24.8 Å². The molecule has 0 aromatic rings. The van der Waals surface area contributed by atoms with E-state index in [0.717, 1.165) is 0 Å². The van der Waals surface area contributed by atoms with Gasteiger partial charge in [0.05, 0.1) is 19.8 Å². The SMILES string of the molecule is O=S(=O)([O-])OC[C@H]1O[C@H](O[C@@H]2C(OS(=O)(=O)[O-])O[C@H](COS(=O)(=O)[O-])[C@@H](OS(=O)(=O)[O-])[C@@H]2OS(=O)(=O)[O-])[C@@H](OS(=O)(=O)[O-])[C@@H](O[C@H]2O[C@H](COS(=O)(=O)[O-])[C@@H](OS(=O)(=O)[O-])[C@H](OS(=O)(=O)[O-])[C@@H]2OS(=O)(=O)[O-])[C@@H]1OS(=O)(=O)[O-]. The first-order chi connectivity index (χ1) is 34.5. The van der Waals surface area contributed by atoms with Crippen LogP contribution in [0.3, 0.4) is 0 Å². The Labute approximate surface area is 436 Å². The molecule has 0 N–H and O–H groups in total. The van der Waals surface area contributed by atoms with Gasteiger partial charge in [-0.25, -0.2) is 96.8 Å². The van der Waals surface area contributed by atoms with E-state index in [0.29, 0.717) is 0 Å². The fourth-order valence-electron chi connectivity index (χ4n) is 6.24. The van der Waals surface area contributed by atoms with Crippen LogP contribution < -0.4 is 0 Å². The van der Waals surface area contributed by atoms with Gasteiger partial charge in [0, 0.05) is 0 Å². The Bertz CT molecular complexity index is 3410. The van der Waals surface area contributed by atoms with Gasteiger partial charge in [0.2, 0.25) is 121 Å². The maximum atomic E-state index is 12.3. The Balaban J connectivity index is 2.60. The molecule has 3 heterocycles. The lowest BCUT2D eigenvalue weighted by molar-refractivity contribution is -0.371. The van der Waals surface area contributed by atoms with E-state index >= 15 is 0 Å². The summed E-state index contributed by atoms with van der Waals surface area (Å²) in [7, 11) is -72.9. The molecule has 78 heavy (non-hydrogen) atoms. The minimum atomic E-state index is -6.97. The zero-order valence-electron chi connectivity index (χ0n) is 35.3. The van der Waals surface area contributed by atoms with Crippen LogP contribution in [0, 0.1) is 0 Å². The first kappa shape index (κ1) is 70.6. The fraction of sp³-hybridized carbons (Fsp3) is 1.00. The van der Waals surface area contributed by atoms with Gasteiger partial charge in [-0.1, -0.05) is 0 Å². The maximum Gasteiger partial charge on any atom is 0.220 e. The third-order valence-electron chi connectivity index (χ3n) is 8.30. The molecule has 60 heteroatoms. The van der Waals surface area contributed by atoms with Crippen molar-refractivity contribution >= 4 is 114 Å². The number of hydrogen-bond donors (Lipinski definition) is 0. The quantitative estimate of drug-likeness (QED) is 0.0496. The van der Waals surface area contributed by atoms with Crippen molar-refractivity contribution in [1.82, 2.24) is 0 Å². The molecule has 0 aromatic heterocycles. The average molecular weight is 1370 g/mol. The topological polar surface area (TPSA) is 777 Å². The summed E-state index contributed by atoms with van der Waals surface area (Å²) in [6.45, 7) is -6.96. The molecule has 3 aliphatic heterocycles. The lowest BCUT2D eigenvalue weighted by Crippen LogP contribution is -2.69. The molecular formula is C18H21O49S11-11. The maximum absolute atomic E-state index is 12.3. The highest BCUT2D eigenvalue weighted by molar-refractivity contribution is 7.83. The summed E-state index contributed by atoms with van der Waals surface area (Å²) < 4.78 is 457. The molecule has 0 aromatic carbocycles. The van der Waals surface area contributed by atoms with Crippen molar-refractivity contribution in [3.8, 4) is 0 Å². The minimum absolute atomic E-state index is 2.22. The molecule has 49 nitrogen and oxygen atoms in total. The van der Waals surface area contributed by atoms with Gasteiger partial charge in [-0.2, -0.15) is 0 Å². The first-order valence-electron chi connectivity index (χ1n) is 17.7. The third kappa shape index (κ3) is 25.9. The van der Waals surface area contributed by atoms with E-state index in [2.05, 4.69) is 46.0 Å². The van der Waals surface area contributed by atoms with Crippen LogP contribution in [-0.2, 0) is 184 Å². The Morgan fingerprint density at radius 1 is 0.231 bits per heavy atom. The summed E-state index contributed by atoms with van der Waals surface area (Å²) in [6.07, 6.45) is -56.0. The van der Waals surface area contributed by atoms with Crippen LogP contribution in [0.2, 0.25) is 0 Å². The number of hydrogen-bond acceptors (Lipinski definition) is 49. The fourth-order valence-corrected chi connectivity index (χ4v) is 11.0. The summed E-state index contributed by atoms with van der Waals surface area (Å²) in [5.41, 5.74) is 0. The van der Waals surface area contributed by atoms with E-state index in [9.17, 15) is 143 Å². The van der Waals surface area contributed by atoms with Gasteiger partial charge in [0.25, 0.3) is 0 Å². The van der Waals surface area contributed by atoms with Crippen LogP contribution in [0.1, 0.15) is 0 Å². The molecular weight excluding hydrogens is 1350 g/mol. The zero-order chi connectivity index (χ0) is 60.6. The van der Waals surface area contributed by atoms with E-state index in [1.165, 1.54) is 0 Å². The molecule has 15 atom stereocenters. The lowest BCUT2D eigenvalue weighted by atomic mass is 9.96. The molecule has 0 saturated carbocycles. The summed E-state index contributed by atoms with van der Waals surface area (Å²) >= 11 is 0. The molecule has 3 aliphatic rings. The van der Waals surface area contributed by atoms with Crippen LogP contribution >= 0.6 is 0 Å². The Kier molecular flexibility index (Phi) is 22.9. The molecule has 3 saturated heterocycles. The Morgan fingerprint density at radius 2 is 0.436 bits per heavy atom. The second-order valence-corrected chi connectivity index (χ2v) is 24.9. The van der Waals surface area contributed by atoms with Crippen LogP contribution in [-0.4, -0.2) is 255 Å². The molecule has 0 bridgehead atoms. The van der Waals surface area contributed by atoms with Gasteiger partial charge in [0.1, 0.15) is 61.0 Å². The predicted octanol–water partition coefficient (Wildman–Crippen LogP) is -13.2. The molecule has 3 rings (SSSR count). The van der Waals surface area contributed by atoms with Crippen LogP contribution in [0.25, 0.3) is 0 Å². The normalized spacial score (nSPS) is 31.9. The first-order valence-corrected chi connectivity index (χ1v) is 32.3. The van der Waals surface area contributed by atoms with Crippen molar-refractivity contribution in [3.05, 3.63) is 0 Å². The van der Waals surface area contributed by atoms with E-state index < -0.39 is 226 Å². The minimum Gasteiger partial charge on any atom is -0.726 e. The molecule has 0 aliphatic carbocycles. The van der Waals surface area contributed by atoms with Crippen molar-refractivity contribution < 1.29 is 212 Å². The number of rotatable bonds is 29. The Hall–Kier alpha value is -1.63. The van der Waals surface area contributed by atoms with E-state index in [1.54, 1.807) is 0 Å². The zero-order valence-corrected chi connectivity index (χ0v) is 44.3. The van der Waals surface area contributed by atoms with E-state index in [1.807, 2.05) is 0 Å². The number of ether oxygens (including phenoxy) is 5. The lowest BCUT2D eigenvalue weighted by Gasteiger charge is -2.51. The summed E-state index contributed by atoms with van der Waals surface area (Å²) in [4.78, 5) is 0. The summed E-state index contributed by atoms with van der Waals surface area (Å²) in [5, 5.41) is 0. The monoisotopic (exact) mass is 1370 g/mol. The molecule has 0 amide bonds. The van der Waals surface area contributed by atoms with Crippen LogP contribution in [0.4, 0.5) is 0 Å². The second kappa shape index (κ2) is 25.3. The van der Waals surface area contributed by atoms with Gasteiger partial charge in [-0.3, -0.25) is 41.8 Å². The summed E-state index contributed by atoms with van der Waals surface area (Å²) in [5.74, 6) is 0. The molecule has 464 valence electrons. The van der Waals surface area contributed by atoms with Crippen molar-refractivity contribution in [2.24, 2.45) is 0 Å². The highest BCUT2D eigenvalue weighted by Gasteiger charge is 2.60. The molecule has 0 radical (unpaired) electrons. The van der Waals surface area contributed by atoms with Crippen molar-refractivity contribution in [3.63, 3.8) is 0 Å². The van der Waals surface area contributed by atoms with Crippen molar-refractivity contribution in [2.45, 2.75) is 92.1 Å². The van der Waals surface area contributed by atoms with Crippen molar-refractivity contribution in [1.29, 1.82) is 0 Å². The van der Waals surface area contributed by atoms with Crippen LogP contribution in [0.5, 0.6) is 0 Å². The average Bonchev–Trinajstić information content (AvgIpc) is 3.14. The summed E-state index contributed by atoms with van der Waals surface area (Å²) in [6, 6.07) is 0. The molecule has 3 fully saturated rings. The standard InChI is InChI=1S/C18H32O49S11/c19-68(20,21)52-1-4-7(60-71(28,29)30)10(58-17-15(66-77(46,47)48)12(64-75(40,41)42)9(62-73(34,35)36)5(56-17)2-53-69(22,23)24)14(65-76(43,44)45)16(55-4)59-13-11(63-74(37,38)39)8(61-72(31,32)33)6(3-54-70(25,26)27)57-18(13)67-78(49,50)51/h4-18H,1-3H2,(H,19,20,21)(H,22,23,24)(H,25,26,27)(H,28,29,30)(H,31,32,33)(H,34,35,36)(H,37,38,39)(H,40,41,42)(H,43,44,45)(H,46,47,48)(H,49,50,51)/p-11/t4-,5-,6-,7-,8-,9-,10+,11+,12+,13+,14+,15+,16-,17-,18?/m1/s1. The smallest absolute Gasteiger partial charge is 0.220 e. The largest absolute Gasteiger partial charge is 0.726 e. The third-order valence-corrected chi connectivity index (χ3v) is 13.2. The van der Waals surface area contributed by atoms with Gasteiger partial charge in [-0.05, 0) is 0 Å². The van der Waals surface area contributed by atoms with E-state index in [-0.39, 0.29) is 0 Å². The van der Waals surface area contributed by atoms with Gasteiger partial charge < -0.3 is 73.8 Å². The predicted molar refractivity (Wildman–Crippen MR) is 195 cm³/mol.